The highest BCUT2D eigenvalue weighted by Crippen LogP contribution is 2.26. The normalized spacial score (nSPS) is 20.9. The number of hydrogen-bond acceptors (Lipinski definition) is 3. The van der Waals surface area contributed by atoms with Gasteiger partial charge in [-0.1, -0.05) is 26.7 Å². The van der Waals surface area contributed by atoms with E-state index >= 15 is 0 Å². The molecule has 88 valence electrons. The molecule has 4 nitrogen and oxygen atoms in total. The number of amides is 1. The fraction of sp³-hybridized carbons (Fsp3) is 0.909. The maximum Gasteiger partial charge on any atom is 0.239 e. The van der Waals surface area contributed by atoms with E-state index in [0.29, 0.717) is 13.1 Å². The van der Waals surface area contributed by atoms with Crippen LogP contribution in [0.25, 0.3) is 0 Å². The highest BCUT2D eigenvalue weighted by Gasteiger charge is 2.43. The Bertz CT molecular complexity index is 225. The van der Waals surface area contributed by atoms with Gasteiger partial charge < -0.3 is 15.7 Å². The molecule has 3 N–H and O–H groups in total. The molecular formula is C11H22N2O2. The minimum atomic E-state index is -0.643. The minimum absolute atomic E-state index is 0.0161. The average molecular weight is 214 g/mol. The first-order chi connectivity index (χ1) is 7.02. The van der Waals surface area contributed by atoms with Gasteiger partial charge in [0.1, 0.15) is 0 Å². The number of β-amino-alcohol motifs (C(OH)–C–C–N with tert-alkyl or cyclic N) is 1. The summed E-state index contributed by atoms with van der Waals surface area (Å²) in [6.07, 6.45) is 3.35. The van der Waals surface area contributed by atoms with Gasteiger partial charge in [0.05, 0.1) is 24.7 Å². The molecule has 4 heteroatoms. The molecule has 0 aliphatic carbocycles. The van der Waals surface area contributed by atoms with Gasteiger partial charge in [-0.25, -0.2) is 0 Å². The Morgan fingerprint density at radius 3 is 2.53 bits per heavy atom. The molecule has 0 radical (unpaired) electrons. The largest absolute Gasteiger partial charge is 0.386 e. The van der Waals surface area contributed by atoms with E-state index in [1.165, 1.54) is 0 Å². The van der Waals surface area contributed by atoms with Crippen molar-refractivity contribution < 1.29 is 9.90 Å². The second-order valence-corrected chi connectivity index (χ2v) is 4.56. The van der Waals surface area contributed by atoms with Crippen LogP contribution in [0.5, 0.6) is 0 Å². The summed E-state index contributed by atoms with van der Waals surface area (Å²) in [6.45, 7) is 4.95. The van der Waals surface area contributed by atoms with Crippen LogP contribution < -0.4 is 5.73 Å². The minimum Gasteiger partial charge on any atom is -0.386 e. The number of hydrogen-bond donors (Lipinski definition) is 2. The van der Waals surface area contributed by atoms with Gasteiger partial charge in [-0.15, -0.1) is 0 Å². The van der Waals surface area contributed by atoms with Crippen LogP contribution in [0.2, 0.25) is 0 Å². The van der Waals surface area contributed by atoms with Crippen LogP contribution in [0.3, 0.4) is 0 Å². The van der Waals surface area contributed by atoms with Crippen LogP contribution >= 0.6 is 0 Å². The van der Waals surface area contributed by atoms with Gasteiger partial charge in [0.2, 0.25) is 5.91 Å². The lowest BCUT2D eigenvalue weighted by molar-refractivity contribution is -0.158. The van der Waals surface area contributed by atoms with Gasteiger partial charge in [-0.2, -0.15) is 0 Å². The summed E-state index contributed by atoms with van der Waals surface area (Å²) in [5, 5.41) is 9.91. The summed E-state index contributed by atoms with van der Waals surface area (Å²) in [5.74, 6) is -0.0161. The van der Waals surface area contributed by atoms with E-state index < -0.39 is 5.60 Å². The maximum absolute atomic E-state index is 11.7. The molecular weight excluding hydrogens is 192 g/mol. The summed E-state index contributed by atoms with van der Waals surface area (Å²) < 4.78 is 0. The summed E-state index contributed by atoms with van der Waals surface area (Å²) in [4.78, 5) is 13.4. The predicted octanol–water partition coefficient (Wildman–Crippen LogP) is 0.487. The van der Waals surface area contributed by atoms with Crippen molar-refractivity contribution in [2.24, 2.45) is 5.73 Å². The molecule has 0 bridgehead atoms. The Balaban J connectivity index is 2.34. The molecule has 0 aromatic carbocycles. The van der Waals surface area contributed by atoms with Crippen molar-refractivity contribution in [2.75, 3.05) is 13.1 Å². The molecule has 1 atom stereocenters. The highest BCUT2D eigenvalue weighted by molar-refractivity contribution is 5.82. The van der Waals surface area contributed by atoms with E-state index in [2.05, 4.69) is 0 Å². The highest BCUT2D eigenvalue weighted by atomic mass is 16.3. The van der Waals surface area contributed by atoms with Crippen molar-refractivity contribution in [1.82, 2.24) is 4.90 Å². The third kappa shape index (κ3) is 2.92. The average Bonchev–Trinajstić information content (AvgIpc) is 2.13. The first kappa shape index (κ1) is 12.5. The molecule has 0 saturated carbocycles. The van der Waals surface area contributed by atoms with Crippen molar-refractivity contribution in [3.8, 4) is 0 Å². The zero-order valence-corrected chi connectivity index (χ0v) is 9.70. The van der Waals surface area contributed by atoms with Gasteiger partial charge in [0.25, 0.3) is 0 Å². The van der Waals surface area contributed by atoms with E-state index in [1.54, 1.807) is 4.90 Å². The van der Waals surface area contributed by atoms with Crippen LogP contribution in [0.1, 0.15) is 39.5 Å². The number of nitrogens with two attached hydrogens (primary N) is 1. The van der Waals surface area contributed by atoms with Crippen molar-refractivity contribution in [3.05, 3.63) is 0 Å². The zero-order valence-electron chi connectivity index (χ0n) is 9.70. The van der Waals surface area contributed by atoms with Gasteiger partial charge in [-0.05, 0) is 12.8 Å². The number of aliphatic hydroxyl groups is 1. The lowest BCUT2D eigenvalue weighted by atomic mass is 9.88. The van der Waals surface area contributed by atoms with Crippen LogP contribution in [0.4, 0.5) is 0 Å². The number of nitrogens with zero attached hydrogens (tertiary/aromatic N) is 1. The first-order valence-corrected chi connectivity index (χ1v) is 5.79. The quantitative estimate of drug-likeness (QED) is 0.700. The van der Waals surface area contributed by atoms with Crippen molar-refractivity contribution >= 4 is 5.91 Å². The molecule has 0 spiro atoms. The van der Waals surface area contributed by atoms with E-state index in [-0.39, 0.29) is 11.9 Å². The van der Waals surface area contributed by atoms with Gasteiger partial charge in [0.15, 0.2) is 0 Å². The first-order valence-electron chi connectivity index (χ1n) is 5.79. The van der Waals surface area contributed by atoms with Gasteiger partial charge in [-0.3, -0.25) is 4.79 Å². The van der Waals surface area contributed by atoms with Crippen molar-refractivity contribution in [3.63, 3.8) is 0 Å². The summed E-state index contributed by atoms with van der Waals surface area (Å²) in [7, 11) is 0. The molecule has 1 fully saturated rings. The molecule has 0 unspecified atom stereocenters. The van der Waals surface area contributed by atoms with Crippen LogP contribution in [-0.2, 0) is 4.79 Å². The van der Waals surface area contributed by atoms with Crippen molar-refractivity contribution in [2.45, 2.75) is 51.2 Å². The zero-order chi connectivity index (χ0) is 11.5. The Hall–Kier alpha value is -0.610. The van der Waals surface area contributed by atoms with Gasteiger partial charge >= 0.3 is 0 Å². The topological polar surface area (TPSA) is 66.6 Å². The van der Waals surface area contributed by atoms with E-state index in [0.717, 1.165) is 25.7 Å². The maximum atomic E-state index is 11.7. The molecule has 15 heavy (non-hydrogen) atoms. The number of likely N-dealkylation sites (tertiary alicyclic amines) is 1. The molecule has 1 amide bonds. The van der Waals surface area contributed by atoms with E-state index in [9.17, 15) is 9.90 Å². The fourth-order valence-electron chi connectivity index (χ4n) is 2.11. The van der Waals surface area contributed by atoms with Gasteiger partial charge in [0, 0.05) is 0 Å². The molecule has 1 aliphatic heterocycles. The van der Waals surface area contributed by atoms with Crippen LogP contribution in [0, 0.1) is 0 Å². The van der Waals surface area contributed by atoms with E-state index in [4.69, 9.17) is 5.73 Å². The van der Waals surface area contributed by atoms with Crippen LogP contribution in [0.15, 0.2) is 0 Å². The molecule has 1 rings (SSSR count). The lowest BCUT2D eigenvalue weighted by Gasteiger charge is -2.47. The Labute approximate surface area is 91.4 Å². The third-order valence-corrected chi connectivity index (χ3v) is 2.91. The number of carbonyl (C=O) groups is 1. The molecule has 1 heterocycles. The molecule has 1 aliphatic rings. The molecule has 0 aromatic heterocycles. The summed E-state index contributed by atoms with van der Waals surface area (Å²) in [5.41, 5.74) is 5.09. The predicted molar refractivity (Wildman–Crippen MR) is 59.3 cm³/mol. The second-order valence-electron chi connectivity index (χ2n) is 4.56. The number of rotatable bonds is 5. The van der Waals surface area contributed by atoms with E-state index in [1.807, 2.05) is 13.8 Å². The summed E-state index contributed by atoms with van der Waals surface area (Å²) in [6, 6.07) is -0.388. The standard InChI is InChI=1S/C11H22N2O2/c1-3-5-9(12)10(14)13-7-11(15,8-13)6-4-2/h9,15H,3-8,12H2,1-2H3/t9-/m0/s1. The smallest absolute Gasteiger partial charge is 0.239 e. The molecule has 1 saturated heterocycles. The fourth-order valence-corrected chi connectivity index (χ4v) is 2.11. The Morgan fingerprint density at radius 1 is 1.47 bits per heavy atom. The lowest BCUT2D eigenvalue weighted by Crippen LogP contribution is -2.65. The monoisotopic (exact) mass is 214 g/mol. The Kier molecular flexibility index (Phi) is 4.11. The summed E-state index contributed by atoms with van der Waals surface area (Å²) >= 11 is 0. The Morgan fingerprint density at radius 2 is 2.07 bits per heavy atom. The van der Waals surface area contributed by atoms with Crippen LogP contribution in [-0.4, -0.2) is 40.6 Å². The SMILES string of the molecule is CCC[C@H](N)C(=O)N1CC(O)(CCC)C1. The molecule has 0 aromatic rings. The third-order valence-electron chi connectivity index (χ3n) is 2.91. The number of carbonyl (C=O) groups excluding carboxylic acids is 1. The second kappa shape index (κ2) is 4.94. The van der Waals surface area contributed by atoms with Crippen molar-refractivity contribution in [1.29, 1.82) is 0 Å².